The second-order valence-corrected chi connectivity index (χ2v) is 12.6. The molecule has 0 saturated heterocycles. The molecule has 322 valence electrons. The molecule has 14 nitrogen and oxygen atoms in total. The first kappa shape index (κ1) is 54.3. The minimum absolute atomic E-state index is 0.00477. The zero-order chi connectivity index (χ0) is 46.0. The number of carbonyl (C=O) groups is 6. The van der Waals surface area contributed by atoms with E-state index in [-0.39, 0.29) is 43.9 Å². The summed E-state index contributed by atoms with van der Waals surface area (Å²) in [6, 6.07) is 14.5. The molecule has 2 aromatic carbocycles. The number of carboxylic acid groups (broad SMARTS) is 2. The predicted molar refractivity (Wildman–Crippen MR) is 227 cm³/mol. The summed E-state index contributed by atoms with van der Waals surface area (Å²) in [5, 5.41) is 16.1. The lowest BCUT2D eigenvalue weighted by molar-refractivity contribution is -0.157. The van der Waals surface area contributed by atoms with Gasteiger partial charge in [0.2, 0.25) is 0 Å². The van der Waals surface area contributed by atoms with E-state index in [2.05, 4.69) is 26.6 Å². The van der Waals surface area contributed by atoms with E-state index in [9.17, 15) is 28.8 Å². The first-order valence-electron chi connectivity index (χ1n) is 18.3. The normalized spacial score (nSPS) is 10.7. The van der Waals surface area contributed by atoms with Gasteiger partial charge >= 0.3 is 35.8 Å². The average molecular weight is 834 g/mol. The Morgan fingerprint density at radius 3 is 1.34 bits per heavy atom. The van der Waals surface area contributed by atoms with Crippen LogP contribution in [0.25, 0.3) is 12.2 Å². The van der Waals surface area contributed by atoms with Crippen LogP contribution in [0.15, 0.2) is 85.0 Å². The Balaban J connectivity index is -0.000000795. The highest BCUT2D eigenvalue weighted by Crippen LogP contribution is 2.21. The Bertz CT molecular complexity index is 1640. The maximum atomic E-state index is 11.7. The van der Waals surface area contributed by atoms with E-state index in [0.717, 1.165) is 29.0 Å². The minimum Gasteiger partial charge on any atom is -0.497 e. The molecule has 2 N–H and O–H groups in total. The van der Waals surface area contributed by atoms with E-state index in [1.165, 1.54) is 19.1 Å². The summed E-state index contributed by atoms with van der Waals surface area (Å²) in [6.07, 6.45) is 7.32. The molecule has 0 aliphatic carbocycles. The van der Waals surface area contributed by atoms with Crippen LogP contribution in [0.1, 0.15) is 72.4 Å². The quantitative estimate of drug-likeness (QED) is 0.0649. The van der Waals surface area contributed by atoms with E-state index in [1.54, 1.807) is 64.5 Å². The molecule has 2 rings (SSSR count). The Morgan fingerprint density at radius 1 is 0.707 bits per heavy atom. The molecule has 0 spiro atoms. The molecule has 58 heavy (non-hydrogen) atoms. The maximum absolute atomic E-state index is 11.7. The van der Waals surface area contributed by atoms with Gasteiger partial charge in [0.05, 0.1) is 26.7 Å². The number of carbonyl (C=O) groups excluding carboxylic acids is 4. The highest BCUT2D eigenvalue weighted by molar-refractivity contribution is 7.59. The zero-order valence-corrected chi connectivity index (χ0v) is 35.8. The molecular formula is C43H60O14S. The van der Waals surface area contributed by atoms with Crippen molar-refractivity contribution in [2.24, 2.45) is 11.3 Å². The fraction of sp³-hybridized carbons (Fsp3) is 0.395. The van der Waals surface area contributed by atoms with Gasteiger partial charge in [-0.1, -0.05) is 58.2 Å². The molecule has 0 heterocycles. The number of carboxylic acids is 2. The van der Waals surface area contributed by atoms with Gasteiger partial charge in [-0.05, 0) is 88.1 Å². The molecule has 0 radical (unpaired) electrons. The van der Waals surface area contributed by atoms with Crippen molar-refractivity contribution in [2.75, 3.05) is 40.6 Å². The molecule has 0 amide bonds. The van der Waals surface area contributed by atoms with Crippen molar-refractivity contribution in [3.05, 3.63) is 96.1 Å². The van der Waals surface area contributed by atoms with Crippen LogP contribution < -0.4 is 9.47 Å². The molecule has 0 bridgehead atoms. The number of benzene rings is 2. The van der Waals surface area contributed by atoms with Crippen LogP contribution in [0.4, 0.5) is 0 Å². The largest absolute Gasteiger partial charge is 0.497 e. The SMILES string of the molecule is C=C(C)C(=O)O.C=C(C)C(=O)OCCOC(=O)/C=C/c1ccc(OC)cc1.CCC(C)(C)C(=O)OCCOC(=O)/C=C/c1ccc(OC)cc1.CCC(C)C(=O)O.[2H]S. The number of methoxy groups -OCH3 is 2. The van der Waals surface area contributed by atoms with Crippen molar-refractivity contribution in [2.45, 2.75) is 61.3 Å². The summed E-state index contributed by atoms with van der Waals surface area (Å²) < 4.78 is 35.3. The fourth-order valence-electron chi connectivity index (χ4n) is 3.05. The molecule has 2 aromatic rings. The minimum atomic E-state index is -0.935. The van der Waals surface area contributed by atoms with E-state index < -0.39 is 35.3 Å². The summed E-state index contributed by atoms with van der Waals surface area (Å²) in [5.41, 5.74) is 1.68. The molecule has 0 aliphatic heterocycles. The maximum Gasteiger partial charge on any atom is 0.333 e. The fourth-order valence-corrected chi connectivity index (χ4v) is 3.05. The van der Waals surface area contributed by atoms with Crippen LogP contribution in [0, 0.1) is 11.3 Å². The number of esters is 4. The van der Waals surface area contributed by atoms with Gasteiger partial charge in [0.25, 0.3) is 0 Å². The molecule has 15 heteroatoms. The first-order valence-corrected chi connectivity index (χ1v) is 17.8. The molecule has 0 aliphatic rings. The standard InChI is InChI=1S/C18H24O5.C16H18O5.C5H10O2.C4H6O2.H2S/c1-5-18(2,3)17(20)23-13-12-22-16(19)11-8-14-6-9-15(21-4)10-7-14;1-12(2)16(18)21-11-10-20-15(17)9-6-13-4-7-14(19-3)8-5-13;1-3-4(2)5(6)7;1-3(2)4(5)6;/h6-11H,5,12-13H2,1-4H3;4-9H,1,10-11H2,2-3H3;4H,3H2,1-2H3,(H,6,7);1H2,2H3,(H,5,6);1H2/b11-8+;9-6+;;;/i/hD. The second-order valence-electron chi connectivity index (χ2n) is 12.6. The molecule has 1 atom stereocenters. The Morgan fingerprint density at radius 2 is 1.07 bits per heavy atom. The second kappa shape index (κ2) is 32.3. The Kier molecular flexibility index (Phi) is 30.2. The van der Waals surface area contributed by atoms with Gasteiger partial charge in [-0.15, -0.1) is 0 Å². The number of hydrogen-bond acceptors (Lipinski definition) is 12. The van der Waals surface area contributed by atoms with Crippen LogP contribution >= 0.6 is 13.4 Å². The smallest absolute Gasteiger partial charge is 0.333 e. The van der Waals surface area contributed by atoms with Crippen LogP contribution in [-0.4, -0.2) is 87.8 Å². The van der Waals surface area contributed by atoms with E-state index >= 15 is 0 Å². The predicted octanol–water partition coefficient (Wildman–Crippen LogP) is 7.48. The van der Waals surface area contributed by atoms with Crippen LogP contribution in [0.3, 0.4) is 0 Å². The van der Waals surface area contributed by atoms with Crippen LogP contribution in [-0.2, 0) is 47.7 Å². The van der Waals surface area contributed by atoms with Gasteiger partial charge in [0.1, 0.15) is 37.9 Å². The first-order chi connectivity index (χ1) is 27.7. The van der Waals surface area contributed by atoms with Gasteiger partial charge in [-0.2, -0.15) is 13.4 Å². The Labute approximate surface area is 350 Å². The van der Waals surface area contributed by atoms with Crippen LogP contribution in [0.5, 0.6) is 11.5 Å². The number of hydrogen-bond donors (Lipinski definition) is 2. The van der Waals surface area contributed by atoms with Crippen molar-refractivity contribution in [3.63, 3.8) is 0 Å². The summed E-state index contributed by atoms with van der Waals surface area (Å²) in [4.78, 5) is 65.3. The topological polar surface area (TPSA) is 198 Å². The van der Waals surface area contributed by atoms with Crippen molar-refractivity contribution >= 4 is 61.4 Å². The van der Waals surface area contributed by atoms with Gasteiger partial charge in [-0.3, -0.25) is 9.59 Å². The molecule has 1 unspecified atom stereocenters. The monoisotopic (exact) mass is 833 g/mol. The third kappa shape index (κ3) is 28.6. The summed E-state index contributed by atoms with van der Waals surface area (Å²) in [7, 11) is 3.18. The number of aliphatic carboxylic acids is 2. The third-order valence-electron chi connectivity index (χ3n) is 7.36. The lowest BCUT2D eigenvalue weighted by atomic mass is 9.91. The van der Waals surface area contributed by atoms with Gasteiger partial charge in [0, 0.05) is 23.3 Å². The highest BCUT2D eigenvalue weighted by Gasteiger charge is 2.26. The Hall–Kier alpha value is -5.83. The number of ether oxygens (including phenoxy) is 6. The summed E-state index contributed by atoms with van der Waals surface area (Å²) in [5.74, 6) is -2.10. The highest BCUT2D eigenvalue weighted by atomic mass is 32.1. The number of rotatable bonds is 18. The van der Waals surface area contributed by atoms with Crippen LogP contribution in [0.2, 0.25) is 0 Å². The van der Waals surface area contributed by atoms with Crippen molar-refractivity contribution in [1.82, 2.24) is 0 Å². The van der Waals surface area contributed by atoms with Gasteiger partial charge in [-0.25, -0.2) is 19.2 Å². The van der Waals surface area contributed by atoms with Gasteiger partial charge in [0.15, 0.2) is 0 Å². The molecule has 0 saturated carbocycles. The lowest BCUT2D eigenvalue weighted by Crippen LogP contribution is -2.27. The average Bonchev–Trinajstić information content (AvgIpc) is 3.23. The van der Waals surface area contributed by atoms with Gasteiger partial charge < -0.3 is 38.6 Å². The summed E-state index contributed by atoms with van der Waals surface area (Å²) in [6.45, 7) is 18.8. The van der Waals surface area contributed by atoms with Crippen molar-refractivity contribution in [3.8, 4) is 11.5 Å². The van der Waals surface area contributed by atoms with Crippen molar-refractivity contribution < 1.29 is 67.4 Å². The van der Waals surface area contributed by atoms with Crippen molar-refractivity contribution in [1.29, 1.82) is 1.12 Å². The van der Waals surface area contributed by atoms with E-state index in [1.807, 2.05) is 52.0 Å². The van der Waals surface area contributed by atoms with E-state index in [4.69, 9.17) is 39.8 Å². The molecule has 0 fully saturated rings. The zero-order valence-electron chi connectivity index (χ0n) is 35.9. The lowest BCUT2D eigenvalue weighted by Gasteiger charge is -2.20. The van der Waals surface area contributed by atoms with E-state index in [0.29, 0.717) is 12.0 Å². The molecular weight excluding hydrogens is 773 g/mol. The third-order valence-corrected chi connectivity index (χ3v) is 7.36. The summed E-state index contributed by atoms with van der Waals surface area (Å²) >= 11 is 2.78. The molecule has 0 aromatic heterocycles.